The standard InChI is InChI=1S/C53H34N4/c1-3-14-35(15-4-1)39-20-11-23-42(30-39)51-54-52(43-29-28-37-18-7-8-19-38(37)31-43)56-53(55-51)46-26-13-22-41-33-48-45-25-9-10-27-49(45)57(50(48)34-47(41)46)44-24-12-21-40(32-44)36-16-5-2-6-17-36/h1-34H. The quantitative estimate of drug-likeness (QED) is 0.171. The molecule has 0 saturated heterocycles. The molecular weight excluding hydrogens is 693 g/mol. The van der Waals surface area contributed by atoms with Crippen molar-refractivity contribution in [2.24, 2.45) is 0 Å². The van der Waals surface area contributed by atoms with Gasteiger partial charge in [-0.05, 0) is 86.3 Å². The molecule has 0 saturated carbocycles. The van der Waals surface area contributed by atoms with Crippen molar-refractivity contribution in [3.8, 4) is 62.1 Å². The van der Waals surface area contributed by atoms with Crippen molar-refractivity contribution in [3.63, 3.8) is 0 Å². The average Bonchev–Trinajstić information content (AvgIpc) is 3.61. The van der Waals surface area contributed by atoms with Gasteiger partial charge in [0.05, 0.1) is 11.0 Å². The minimum Gasteiger partial charge on any atom is -0.309 e. The topological polar surface area (TPSA) is 43.6 Å². The monoisotopic (exact) mass is 726 g/mol. The molecule has 0 aliphatic heterocycles. The highest BCUT2D eigenvalue weighted by Gasteiger charge is 2.19. The van der Waals surface area contributed by atoms with Crippen molar-refractivity contribution in [2.75, 3.05) is 0 Å². The molecule has 11 aromatic rings. The fraction of sp³-hybridized carbons (Fsp3) is 0. The van der Waals surface area contributed by atoms with Gasteiger partial charge in [0.2, 0.25) is 0 Å². The molecule has 2 heterocycles. The smallest absolute Gasteiger partial charge is 0.164 e. The van der Waals surface area contributed by atoms with Gasteiger partial charge < -0.3 is 4.57 Å². The first-order valence-electron chi connectivity index (χ1n) is 19.3. The van der Waals surface area contributed by atoms with E-state index in [1.165, 1.54) is 27.3 Å². The average molecular weight is 727 g/mol. The largest absolute Gasteiger partial charge is 0.309 e. The summed E-state index contributed by atoms with van der Waals surface area (Å²) in [5.41, 5.74) is 10.8. The van der Waals surface area contributed by atoms with Crippen LogP contribution in [0.2, 0.25) is 0 Å². The van der Waals surface area contributed by atoms with Crippen LogP contribution < -0.4 is 0 Å². The number of rotatable bonds is 6. The first-order chi connectivity index (χ1) is 28.2. The predicted molar refractivity (Wildman–Crippen MR) is 236 cm³/mol. The van der Waals surface area contributed by atoms with E-state index in [-0.39, 0.29) is 0 Å². The Bertz CT molecular complexity index is 3290. The number of hydrogen-bond acceptors (Lipinski definition) is 3. The summed E-state index contributed by atoms with van der Waals surface area (Å²) in [6, 6.07) is 72.9. The van der Waals surface area contributed by atoms with E-state index in [0.717, 1.165) is 60.7 Å². The predicted octanol–water partition coefficient (Wildman–Crippen LogP) is 13.6. The molecule has 2 aromatic heterocycles. The molecule has 11 rings (SSSR count). The zero-order chi connectivity index (χ0) is 37.7. The van der Waals surface area contributed by atoms with Crippen molar-refractivity contribution < 1.29 is 0 Å². The molecule has 266 valence electrons. The number of fused-ring (bicyclic) bond motifs is 5. The van der Waals surface area contributed by atoms with E-state index in [4.69, 9.17) is 15.0 Å². The Morgan fingerprint density at radius 1 is 0.281 bits per heavy atom. The second-order valence-electron chi connectivity index (χ2n) is 14.5. The summed E-state index contributed by atoms with van der Waals surface area (Å²) in [6.45, 7) is 0. The highest BCUT2D eigenvalue weighted by Crippen LogP contribution is 2.39. The Labute approximate surface area is 330 Å². The summed E-state index contributed by atoms with van der Waals surface area (Å²) in [4.78, 5) is 15.7. The van der Waals surface area contributed by atoms with Gasteiger partial charge in [0, 0.05) is 33.2 Å². The van der Waals surface area contributed by atoms with Crippen LogP contribution in [0.1, 0.15) is 0 Å². The normalized spacial score (nSPS) is 11.5. The van der Waals surface area contributed by atoms with Crippen LogP contribution in [0.5, 0.6) is 0 Å². The fourth-order valence-electron chi connectivity index (χ4n) is 8.22. The molecule has 0 N–H and O–H groups in total. The van der Waals surface area contributed by atoms with E-state index >= 15 is 0 Å². The zero-order valence-electron chi connectivity index (χ0n) is 30.9. The molecule has 0 atom stereocenters. The number of nitrogens with zero attached hydrogens (tertiary/aromatic N) is 4. The summed E-state index contributed by atoms with van der Waals surface area (Å²) in [6.07, 6.45) is 0. The van der Waals surface area contributed by atoms with Gasteiger partial charge in [-0.1, -0.05) is 164 Å². The molecular formula is C53H34N4. The number of aromatic nitrogens is 4. The van der Waals surface area contributed by atoms with E-state index in [1.54, 1.807) is 0 Å². The Morgan fingerprint density at radius 2 is 0.860 bits per heavy atom. The molecule has 0 bridgehead atoms. The van der Waals surface area contributed by atoms with E-state index in [0.29, 0.717) is 17.5 Å². The van der Waals surface area contributed by atoms with E-state index in [1.807, 2.05) is 6.07 Å². The van der Waals surface area contributed by atoms with Crippen LogP contribution in [0.4, 0.5) is 0 Å². The lowest BCUT2D eigenvalue weighted by molar-refractivity contribution is 1.08. The van der Waals surface area contributed by atoms with Crippen molar-refractivity contribution >= 4 is 43.4 Å². The lowest BCUT2D eigenvalue weighted by Gasteiger charge is -2.13. The van der Waals surface area contributed by atoms with E-state index < -0.39 is 0 Å². The van der Waals surface area contributed by atoms with Crippen LogP contribution in [0, 0.1) is 0 Å². The molecule has 4 heteroatoms. The third-order valence-corrected chi connectivity index (χ3v) is 11.0. The maximum Gasteiger partial charge on any atom is 0.164 e. The third kappa shape index (κ3) is 5.83. The maximum atomic E-state index is 5.27. The first-order valence-corrected chi connectivity index (χ1v) is 19.3. The molecule has 4 nitrogen and oxygen atoms in total. The fourth-order valence-corrected chi connectivity index (χ4v) is 8.22. The maximum absolute atomic E-state index is 5.27. The van der Waals surface area contributed by atoms with Gasteiger partial charge in [-0.15, -0.1) is 0 Å². The summed E-state index contributed by atoms with van der Waals surface area (Å²) in [7, 11) is 0. The molecule has 0 unspecified atom stereocenters. The Balaban J connectivity index is 1.14. The van der Waals surface area contributed by atoms with Crippen molar-refractivity contribution in [3.05, 3.63) is 206 Å². The zero-order valence-corrected chi connectivity index (χ0v) is 30.9. The van der Waals surface area contributed by atoms with Gasteiger partial charge in [0.1, 0.15) is 0 Å². The van der Waals surface area contributed by atoms with Crippen molar-refractivity contribution in [2.45, 2.75) is 0 Å². The second-order valence-corrected chi connectivity index (χ2v) is 14.5. The van der Waals surface area contributed by atoms with Crippen molar-refractivity contribution in [1.82, 2.24) is 19.5 Å². The van der Waals surface area contributed by atoms with Gasteiger partial charge in [0.15, 0.2) is 17.5 Å². The minimum atomic E-state index is 0.630. The summed E-state index contributed by atoms with van der Waals surface area (Å²) >= 11 is 0. The summed E-state index contributed by atoms with van der Waals surface area (Å²) < 4.78 is 2.39. The van der Waals surface area contributed by atoms with Crippen LogP contribution >= 0.6 is 0 Å². The molecule has 0 fully saturated rings. The Morgan fingerprint density at radius 3 is 1.65 bits per heavy atom. The van der Waals surface area contributed by atoms with Crippen LogP contribution in [0.15, 0.2) is 206 Å². The van der Waals surface area contributed by atoms with Crippen LogP contribution in [0.3, 0.4) is 0 Å². The second kappa shape index (κ2) is 13.6. The van der Waals surface area contributed by atoms with Gasteiger partial charge in [-0.25, -0.2) is 15.0 Å². The molecule has 0 aliphatic carbocycles. The van der Waals surface area contributed by atoms with Crippen LogP contribution in [0.25, 0.3) is 105 Å². The molecule has 9 aromatic carbocycles. The number of hydrogen-bond donors (Lipinski definition) is 0. The van der Waals surface area contributed by atoms with Gasteiger partial charge in [0.25, 0.3) is 0 Å². The van der Waals surface area contributed by atoms with Crippen molar-refractivity contribution in [1.29, 1.82) is 0 Å². The molecule has 0 radical (unpaired) electrons. The van der Waals surface area contributed by atoms with Gasteiger partial charge in [-0.2, -0.15) is 0 Å². The Kier molecular flexibility index (Phi) is 7.78. The summed E-state index contributed by atoms with van der Waals surface area (Å²) in [5, 5.41) is 6.93. The van der Waals surface area contributed by atoms with Crippen LogP contribution in [-0.4, -0.2) is 19.5 Å². The lowest BCUT2D eigenvalue weighted by Crippen LogP contribution is -2.01. The first kappa shape index (κ1) is 32.7. The van der Waals surface area contributed by atoms with Gasteiger partial charge >= 0.3 is 0 Å². The molecule has 0 aliphatic rings. The Hall–Kier alpha value is -7.69. The highest BCUT2D eigenvalue weighted by atomic mass is 15.0. The van der Waals surface area contributed by atoms with Crippen LogP contribution in [-0.2, 0) is 0 Å². The van der Waals surface area contributed by atoms with E-state index in [9.17, 15) is 0 Å². The third-order valence-electron chi connectivity index (χ3n) is 11.0. The molecule has 57 heavy (non-hydrogen) atoms. The summed E-state index contributed by atoms with van der Waals surface area (Å²) in [5.74, 6) is 1.90. The number of benzene rings is 9. The minimum absolute atomic E-state index is 0.630. The highest BCUT2D eigenvalue weighted by molar-refractivity contribution is 6.15. The molecule has 0 spiro atoms. The number of para-hydroxylation sites is 1. The SMILES string of the molecule is c1ccc(-c2cccc(-c3nc(-c4ccc5ccccc5c4)nc(-c4cccc5cc6c7ccccc7n(-c7cccc(-c8ccccc8)c7)c6cc45)n3)c2)cc1. The lowest BCUT2D eigenvalue weighted by atomic mass is 10.0. The van der Waals surface area contributed by atoms with Gasteiger partial charge in [-0.3, -0.25) is 0 Å². The molecule has 0 amide bonds. The van der Waals surface area contributed by atoms with E-state index in [2.05, 4.69) is 205 Å².